The highest BCUT2D eigenvalue weighted by Crippen LogP contribution is 2.38. The van der Waals surface area contributed by atoms with Crippen LogP contribution in [0.4, 0.5) is 0 Å². The van der Waals surface area contributed by atoms with Gasteiger partial charge in [-0.2, -0.15) is 0 Å². The number of aliphatic imine (C=N–C) groups is 2. The van der Waals surface area contributed by atoms with Gasteiger partial charge in [-0.25, -0.2) is 9.98 Å². The van der Waals surface area contributed by atoms with E-state index >= 15 is 0 Å². The van der Waals surface area contributed by atoms with Gasteiger partial charge in [-0.05, 0) is 90.6 Å². The van der Waals surface area contributed by atoms with Crippen molar-refractivity contribution in [3.05, 3.63) is 193 Å². The highest BCUT2D eigenvalue weighted by atomic mass is 16.3. The first-order valence-electron chi connectivity index (χ1n) is 18.0. The Bertz CT molecular complexity index is 3170. The number of hydrogen-bond acceptors (Lipinski definition) is 4. The summed E-state index contributed by atoms with van der Waals surface area (Å²) in [6.07, 6.45) is -0.389. The molecule has 1 aromatic heterocycles. The van der Waals surface area contributed by atoms with E-state index in [9.17, 15) is 0 Å². The van der Waals surface area contributed by atoms with Crippen LogP contribution in [0.2, 0.25) is 0 Å². The van der Waals surface area contributed by atoms with E-state index in [2.05, 4.69) is 169 Å². The highest BCUT2D eigenvalue weighted by molar-refractivity contribution is 6.22. The summed E-state index contributed by atoms with van der Waals surface area (Å²) in [5.74, 6) is 1.45. The van der Waals surface area contributed by atoms with Gasteiger partial charge in [0.2, 0.25) is 0 Å². The van der Waals surface area contributed by atoms with E-state index in [4.69, 9.17) is 14.4 Å². The van der Waals surface area contributed by atoms with E-state index in [1.165, 1.54) is 37.7 Å². The van der Waals surface area contributed by atoms with Crippen molar-refractivity contribution in [3.8, 4) is 11.1 Å². The fraction of sp³-hybridized carbons (Fsp3) is 0.0204. The molecule has 1 unspecified atom stereocenters. The van der Waals surface area contributed by atoms with Crippen molar-refractivity contribution in [1.29, 1.82) is 0 Å². The predicted molar refractivity (Wildman–Crippen MR) is 221 cm³/mol. The maximum absolute atomic E-state index is 6.50. The summed E-state index contributed by atoms with van der Waals surface area (Å²) in [6, 6.07) is 62.3. The molecule has 11 rings (SSSR count). The van der Waals surface area contributed by atoms with Gasteiger partial charge in [0, 0.05) is 27.5 Å². The third-order valence-electron chi connectivity index (χ3n) is 10.7. The molecule has 0 spiro atoms. The van der Waals surface area contributed by atoms with E-state index in [1.54, 1.807) is 0 Å². The molecular formula is C49H31N3O. The maximum Gasteiger partial charge on any atom is 0.160 e. The van der Waals surface area contributed by atoms with Crippen molar-refractivity contribution in [2.75, 3.05) is 0 Å². The second-order valence-electron chi connectivity index (χ2n) is 13.8. The molecule has 9 aromatic carbocycles. The second-order valence-corrected chi connectivity index (χ2v) is 13.8. The standard InChI is InChI=1S/C49H31N3O/c1-3-12-32-26-34(22-20-30(32)10-1)35-24-25-44-43(28-35)46-41(18-9-19-45(46)53-44)48-50-47(37-23-21-31-11-2-4-13-33(31)27-37)51-49(52-48)42-29-36-14-5-6-15-38(36)39-16-7-8-17-40(39)42/h1-29,49H,(H,50,51,52). The summed E-state index contributed by atoms with van der Waals surface area (Å²) in [5.41, 5.74) is 6.99. The van der Waals surface area contributed by atoms with Crippen molar-refractivity contribution in [1.82, 2.24) is 5.32 Å². The van der Waals surface area contributed by atoms with Gasteiger partial charge in [0.25, 0.3) is 0 Å². The highest BCUT2D eigenvalue weighted by Gasteiger charge is 2.25. The van der Waals surface area contributed by atoms with Crippen molar-refractivity contribution >= 4 is 76.7 Å². The topological polar surface area (TPSA) is 49.9 Å². The van der Waals surface area contributed by atoms with Gasteiger partial charge in [0.1, 0.15) is 23.2 Å². The van der Waals surface area contributed by atoms with Crippen LogP contribution in [-0.2, 0) is 0 Å². The van der Waals surface area contributed by atoms with E-state index in [-0.39, 0.29) is 6.17 Å². The molecule has 10 aromatic rings. The molecule has 0 radical (unpaired) electrons. The molecule has 0 fully saturated rings. The SMILES string of the molecule is c1ccc2cc(C3=NC(c4cccc5oc6ccc(-c7ccc8ccccc8c7)cc6c45)=NC(c4cc5ccccc5c5ccccc45)N3)ccc2c1. The molecule has 1 aliphatic rings. The van der Waals surface area contributed by atoms with Gasteiger partial charge in [0.15, 0.2) is 5.84 Å². The first-order chi connectivity index (χ1) is 26.2. The van der Waals surface area contributed by atoms with Crippen LogP contribution in [-0.4, -0.2) is 11.7 Å². The molecule has 2 heterocycles. The lowest BCUT2D eigenvalue weighted by Gasteiger charge is -2.25. The minimum atomic E-state index is -0.389. The summed E-state index contributed by atoms with van der Waals surface area (Å²) in [4.78, 5) is 10.8. The molecule has 0 aliphatic carbocycles. The molecule has 0 saturated carbocycles. The van der Waals surface area contributed by atoms with E-state index in [0.29, 0.717) is 5.84 Å². The van der Waals surface area contributed by atoms with Gasteiger partial charge in [0.05, 0.1) is 0 Å². The molecule has 53 heavy (non-hydrogen) atoms. The predicted octanol–water partition coefficient (Wildman–Crippen LogP) is 12.4. The van der Waals surface area contributed by atoms with Crippen molar-refractivity contribution in [3.63, 3.8) is 0 Å². The quantitative estimate of drug-likeness (QED) is 0.189. The Labute approximate surface area is 305 Å². The lowest BCUT2D eigenvalue weighted by molar-refractivity contribution is 0.668. The molecule has 0 amide bonds. The van der Waals surface area contributed by atoms with E-state index in [1.807, 2.05) is 12.1 Å². The maximum atomic E-state index is 6.50. The summed E-state index contributed by atoms with van der Waals surface area (Å²) in [5, 5.41) is 15.4. The van der Waals surface area contributed by atoms with Gasteiger partial charge >= 0.3 is 0 Å². The third-order valence-corrected chi connectivity index (χ3v) is 10.7. The summed E-state index contributed by atoms with van der Waals surface area (Å²) >= 11 is 0. The molecule has 1 N–H and O–H groups in total. The van der Waals surface area contributed by atoms with Gasteiger partial charge in [-0.3, -0.25) is 0 Å². The normalized spacial score (nSPS) is 14.6. The number of furan rings is 1. The Kier molecular flexibility index (Phi) is 6.58. The molecule has 1 aliphatic heterocycles. The van der Waals surface area contributed by atoms with Crippen molar-refractivity contribution < 1.29 is 4.42 Å². The molecule has 248 valence electrons. The largest absolute Gasteiger partial charge is 0.456 e. The van der Waals surface area contributed by atoms with Gasteiger partial charge < -0.3 is 9.73 Å². The van der Waals surface area contributed by atoms with Crippen LogP contribution in [0.1, 0.15) is 22.9 Å². The fourth-order valence-corrected chi connectivity index (χ4v) is 8.08. The van der Waals surface area contributed by atoms with E-state index in [0.717, 1.165) is 61.0 Å². The van der Waals surface area contributed by atoms with Crippen LogP contribution in [0.5, 0.6) is 0 Å². The van der Waals surface area contributed by atoms with Crippen LogP contribution >= 0.6 is 0 Å². The monoisotopic (exact) mass is 677 g/mol. The van der Waals surface area contributed by atoms with Crippen LogP contribution < -0.4 is 5.32 Å². The Hall–Kier alpha value is -7.04. The zero-order valence-electron chi connectivity index (χ0n) is 28.6. The molecular weight excluding hydrogens is 647 g/mol. The Morgan fingerprint density at radius 1 is 0.434 bits per heavy atom. The molecule has 0 bridgehead atoms. The zero-order chi connectivity index (χ0) is 34.9. The number of fused-ring (bicyclic) bond motifs is 8. The van der Waals surface area contributed by atoms with Crippen molar-refractivity contribution in [2.45, 2.75) is 6.17 Å². The smallest absolute Gasteiger partial charge is 0.160 e. The lowest BCUT2D eigenvalue weighted by Crippen LogP contribution is -2.33. The number of nitrogens with one attached hydrogen (secondary N) is 1. The average molecular weight is 678 g/mol. The minimum Gasteiger partial charge on any atom is -0.456 e. The number of rotatable bonds is 4. The summed E-state index contributed by atoms with van der Waals surface area (Å²) < 4.78 is 6.50. The molecule has 4 heteroatoms. The van der Waals surface area contributed by atoms with Crippen molar-refractivity contribution in [2.24, 2.45) is 9.98 Å². The van der Waals surface area contributed by atoms with Crippen LogP contribution in [0, 0.1) is 0 Å². The zero-order valence-corrected chi connectivity index (χ0v) is 28.6. The Morgan fingerprint density at radius 3 is 1.85 bits per heavy atom. The number of hydrogen-bond donors (Lipinski definition) is 1. The lowest BCUT2D eigenvalue weighted by atomic mass is 9.95. The molecule has 1 atom stereocenters. The van der Waals surface area contributed by atoms with Crippen LogP contribution in [0.3, 0.4) is 0 Å². The van der Waals surface area contributed by atoms with E-state index < -0.39 is 0 Å². The number of amidine groups is 2. The number of benzene rings is 9. The first kappa shape index (κ1) is 29.7. The second kappa shape index (κ2) is 11.8. The number of nitrogens with zero attached hydrogens (tertiary/aromatic N) is 2. The minimum absolute atomic E-state index is 0.389. The summed E-state index contributed by atoms with van der Waals surface area (Å²) in [7, 11) is 0. The Morgan fingerprint density at radius 2 is 1.06 bits per heavy atom. The van der Waals surface area contributed by atoms with Gasteiger partial charge in [-0.1, -0.05) is 140 Å². The summed E-state index contributed by atoms with van der Waals surface area (Å²) in [6.45, 7) is 0. The van der Waals surface area contributed by atoms with Crippen LogP contribution in [0.25, 0.3) is 76.2 Å². The Balaban J connectivity index is 1.13. The molecule has 4 nitrogen and oxygen atoms in total. The first-order valence-corrected chi connectivity index (χ1v) is 18.0. The third kappa shape index (κ3) is 4.91. The fourth-order valence-electron chi connectivity index (χ4n) is 8.08. The van der Waals surface area contributed by atoms with Crippen LogP contribution in [0.15, 0.2) is 190 Å². The molecule has 0 saturated heterocycles. The average Bonchev–Trinajstić information content (AvgIpc) is 3.61. The van der Waals surface area contributed by atoms with Gasteiger partial charge in [-0.15, -0.1) is 0 Å².